The third-order valence-corrected chi connectivity index (χ3v) is 4.08. The molecule has 2 rings (SSSR count). The number of hydrogen-bond acceptors (Lipinski definition) is 6. The standard InChI is InChI=1S/C17H24O6/c1-5-17(8-9-17)16(18)23-15-13(21-10-19-3)7-6-12(2)14(15)22-11-20-4/h6-7H,5,8-11H2,1-4H3. The molecular formula is C17H24O6. The number of ether oxygens (including phenoxy) is 5. The second-order valence-corrected chi connectivity index (χ2v) is 5.66. The van der Waals surface area contributed by atoms with Gasteiger partial charge in [-0.25, -0.2) is 0 Å². The van der Waals surface area contributed by atoms with E-state index in [0.29, 0.717) is 11.5 Å². The Bertz CT molecular complexity index is 550. The van der Waals surface area contributed by atoms with Gasteiger partial charge in [0.1, 0.15) is 0 Å². The van der Waals surface area contributed by atoms with E-state index in [9.17, 15) is 4.79 Å². The highest BCUT2D eigenvalue weighted by molar-refractivity contribution is 5.83. The summed E-state index contributed by atoms with van der Waals surface area (Å²) in [6, 6.07) is 3.57. The van der Waals surface area contributed by atoms with Crippen molar-refractivity contribution in [3.63, 3.8) is 0 Å². The Kier molecular flexibility index (Phi) is 5.85. The van der Waals surface area contributed by atoms with Crippen molar-refractivity contribution in [2.45, 2.75) is 33.1 Å². The highest BCUT2D eigenvalue weighted by Crippen LogP contribution is 2.51. The summed E-state index contributed by atoms with van der Waals surface area (Å²) in [5, 5.41) is 0. The highest BCUT2D eigenvalue weighted by Gasteiger charge is 2.50. The zero-order valence-electron chi connectivity index (χ0n) is 14.1. The maximum absolute atomic E-state index is 12.5. The third kappa shape index (κ3) is 3.95. The molecule has 0 heterocycles. The van der Waals surface area contributed by atoms with Crippen molar-refractivity contribution >= 4 is 5.97 Å². The van der Waals surface area contributed by atoms with Gasteiger partial charge in [-0.05, 0) is 37.8 Å². The molecule has 0 aliphatic heterocycles. The Morgan fingerprint density at radius 3 is 2.30 bits per heavy atom. The highest BCUT2D eigenvalue weighted by atomic mass is 16.7. The summed E-state index contributed by atoms with van der Waals surface area (Å²) in [6.07, 6.45) is 2.48. The Morgan fingerprint density at radius 1 is 1.09 bits per heavy atom. The van der Waals surface area contributed by atoms with E-state index in [0.717, 1.165) is 24.8 Å². The number of hydrogen-bond donors (Lipinski definition) is 0. The van der Waals surface area contributed by atoms with Crippen molar-refractivity contribution in [3.8, 4) is 17.2 Å². The van der Waals surface area contributed by atoms with Gasteiger partial charge in [0.15, 0.2) is 25.1 Å². The van der Waals surface area contributed by atoms with Gasteiger partial charge in [0, 0.05) is 14.2 Å². The molecule has 0 saturated heterocycles. The summed E-state index contributed by atoms with van der Waals surface area (Å²) in [6.45, 7) is 3.97. The normalized spacial score (nSPS) is 15.1. The molecule has 0 N–H and O–H groups in total. The molecule has 6 heteroatoms. The first kappa shape index (κ1) is 17.6. The Labute approximate surface area is 136 Å². The van der Waals surface area contributed by atoms with Crippen LogP contribution in [-0.4, -0.2) is 33.8 Å². The van der Waals surface area contributed by atoms with Gasteiger partial charge in [-0.15, -0.1) is 0 Å². The summed E-state index contributed by atoms with van der Waals surface area (Å²) in [5.41, 5.74) is 0.469. The lowest BCUT2D eigenvalue weighted by atomic mass is 10.0. The van der Waals surface area contributed by atoms with Crippen LogP contribution < -0.4 is 14.2 Å². The average Bonchev–Trinajstić information content (AvgIpc) is 3.35. The predicted octanol–water partition coefficient (Wildman–Crippen LogP) is 3.06. The van der Waals surface area contributed by atoms with Gasteiger partial charge in [-0.2, -0.15) is 0 Å². The summed E-state index contributed by atoms with van der Waals surface area (Å²) < 4.78 is 26.6. The molecule has 0 radical (unpaired) electrons. The topological polar surface area (TPSA) is 63.2 Å². The molecule has 6 nitrogen and oxygen atoms in total. The predicted molar refractivity (Wildman–Crippen MR) is 83.8 cm³/mol. The van der Waals surface area contributed by atoms with E-state index in [1.54, 1.807) is 6.07 Å². The molecule has 0 spiro atoms. The number of esters is 1. The number of aryl methyl sites for hydroxylation is 1. The van der Waals surface area contributed by atoms with Crippen LogP contribution in [0.1, 0.15) is 31.7 Å². The van der Waals surface area contributed by atoms with E-state index in [4.69, 9.17) is 23.7 Å². The van der Waals surface area contributed by atoms with Crippen LogP contribution in [0.4, 0.5) is 0 Å². The van der Waals surface area contributed by atoms with Crippen molar-refractivity contribution in [1.82, 2.24) is 0 Å². The number of carbonyl (C=O) groups excluding carboxylic acids is 1. The first-order valence-electron chi connectivity index (χ1n) is 7.67. The molecule has 1 fully saturated rings. The largest absolute Gasteiger partial charge is 0.463 e. The molecule has 0 bridgehead atoms. The van der Waals surface area contributed by atoms with E-state index in [-0.39, 0.29) is 30.7 Å². The molecule has 0 aromatic heterocycles. The van der Waals surface area contributed by atoms with Crippen LogP contribution in [0.15, 0.2) is 12.1 Å². The fourth-order valence-electron chi connectivity index (χ4n) is 2.33. The minimum Gasteiger partial charge on any atom is -0.463 e. The number of benzene rings is 1. The molecule has 23 heavy (non-hydrogen) atoms. The zero-order chi connectivity index (χ0) is 16.9. The number of methoxy groups -OCH3 is 2. The average molecular weight is 324 g/mol. The molecule has 0 atom stereocenters. The first-order valence-corrected chi connectivity index (χ1v) is 7.67. The lowest BCUT2D eigenvalue weighted by Gasteiger charge is -2.19. The van der Waals surface area contributed by atoms with Crippen LogP contribution in [0.2, 0.25) is 0 Å². The molecular weight excluding hydrogens is 300 g/mol. The van der Waals surface area contributed by atoms with Gasteiger partial charge in [-0.3, -0.25) is 4.79 Å². The van der Waals surface area contributed by atoms with E-state index >= 15 is 0 Å². The van der Waals surface area contributed by atoms with Gasteiger partial charge < -0.3 is 23.7 Å². The minimum absolute atomic E-state index is 0.0518. The summed E-state index contributed by atoms with van der Waals surface area (Å²) in [4.78, 5) is 12.5. The molecule has 1 aliphatic carbocycles. The molecule has 128 valence electrons. The van der Waals surface area contributed by atoms with Crippen LogP contribution in [0, 0.1) is 12.3 Å². The number of rotatable bonds is 9. The molecule has 0 unspecified atom stereocenters. The van der Waals surface area contributed by atoms with E-state index in [1.807, 2.05) is 19.9 Å². The summed E-state index contributed by atoms with van der Waals surface area (Å²) in [7, 11) is 3.06. The van der Waals surface area contributed by atoms with Crippen molar-refractivity contribution in [2.75, 3.05) is 27.8 Å². The maximum Gasteiger partial charge on any atom is 0.317 e. The van der Waals surface area contributed by atoms with Crippen LogP contribution in [0.3, 0.4) is 0 Å². The third-order valence-electron chi connectivity index (χ3n) is 4.08. The lowest BCUT2D eigenvalue weighted by molar-refractivity contribution is -0.141. The molecule has 1 aliphatic rings. The van der Waals surface area contributed by atoms with Crippen LogP contribution in [0.25, 0.3) is 0 Å². The van der Waals surface area contributed by atoms with Crippen LogP contribution in [0.5, 0.6) is 17.2 Å². The monoisotopic (exact) mass is 324 g/mol. The second-order valence-electron chi connectivity index (χ2n) is 5.66. The number of carbonyl (C=O) groups is 1. The smallest absolute Gasteiger partial charge is 0.317 e. The van der Waals surface area contributed by atoms with Gasteiger partial charge in [0.25, 0.3) is 0 Å². The Hall–Kier alpha value is -1.79. The van der Waals surface area contributed by atoms with Gasteiger partial charge in [-0.1, -0.05) is 13.0 Å². The second kappa shape index (κ2) is 7.66. The van der Waals surface area contributed by atoms with Gasteiger partial charge in [0.2, 0.25) is 5.75 Å². The van der Waals surface area contributed by atoms with Crippen molar-refractivity contribution in [3.05, 3.63) is 17.7 Å². The Balaban J connectivity index is 2.31. The van der Waals surface area contributed by atoms with E-state index in [2.05, 4.69) is 0 Å². The summed E-state index contributed by atoms with van der Waals surface area (Å²) in [5.74, 6) is 0.892. The molecule has 0 amide bonds. The minimum atomic E-state index is -0.360. The fraction of sp³-hybridized carbons (Fsp3) is 0.588. The Morgan fingerprint density at radius 2 is 1.74 bits per heavy atom. The zero-order valence-corrected chi connectivity index (χ0v) is 14.1. The summed E-state index contributed by atoms with van der Waals surface area (Å²) >= 11 is 0. The van der Waals surface area contributed by atoms with Gasteiger partial charge in [0.05, 0.1) is 5.41 Å². The van der Waals surface area contributed by atoms with E-state index in [1.165, 1.54) is 14.2 Å². The maximum atomic E-state index is 12.5. The molecule has 1 aromatic carbocycles. The van der Waals surface area contributed by atoms with Crippen molar-refractivity contribution < 1.29 is 28.5 Å². The van der Waals surface area contributed by atoms with E-state index < -0.39 is 0 Å². The molecule has 1 aromatic rings. The van der Waals surface area contributed by atoms with Crippen molar-refractivity contribution in [1.29, 1.82) is 0 Å². The molecule has 1 saturated carbocycles. The first-order chi connectivity index (χ1) is 11.1. The SMILES string of the molecule is CCC1(C(=O)Oc2c(OCOC)ccc(C)c2OCOC)CC1. The van der Waals surface area contributed by atoms with Crippen LogP contribution in [-0.2, 0) is 14.3 Å². The van der Waals surface area contributed by atoms with Crippen LogP contribution >= 0.6 is 0 Å². The van der Waals surface area contributed by atoms with Gasteiger partial charge >= 0.3 is 5.97 Å². The lowest BCUT2D eigenvalue weighted by Crippen LogP contribution is -2.22. The fourth-order valence-corrected chi connectivity index (χ4v) is 2.33. The van der Waals surface area contributed by atoms with Crippen molar-refractivity contribution in [2.24, 2.45) is 5.41 Å². The quantitative estimate of drug-likeness (QED) is 0.395.